The molecule has 0 aromatic carbocycles. The van der Waals surface area contributed by atoms with E-state index in [4.69, 9.17) is 4.52 Å². The molecule has 0 radical (unpaired) electrons. The summed E-state index contributed by atoms with van der Waals surface area (Å²) in [6.45, 7) is 18.1. The quantitative estimate of drug-likeness (QED) is 0.349. The Labute approximate surface area is 219 Å². The Hall–Kier alpha value is -0.480. The first kappa shape index (κ1) is 28.5. The number of allylic oxidation sites excluding steroid dienone is 2. The van der Waals surface area contributed by atoms with Gasteiger partial charge in [-0.1, -0.05) is 67.4 Å². The number of fused-ring (bicyclic) bond motifs is 5. The second-order valence-electron chi connectivity index (χ2n) is 15.0. The Kier molecular flexibility index (Phi) is 7.38. The van der Waals surface area contributed by atoms with Crippen LogP contribution in [-0.2, 0) is 13.9 Å². The number of ketones is 1. The molecule has 0 aromatic heterocycles. The topological polar surface area (TPSA) is 83.8 Å². The molecule has 4 aliphatic rings. The number of rotatable bonds is 6. The minimum absolute atomic E-state index is 0.0154. The first-order valence-electron chi connectivity index (χ1n) is 14.4. The maximum atomic E-state index is 13.5. The van der Waals surface area contributed by atoms with Crippen molar-refractivity contribution < 1.29 is 23.7 Å². The molecular weight excluding hydrogens is 471 g/mol. The van der Waals surface area contributed by atoms with Gasteiger partial charge in [-0.25, -0.2) is 4.57 Å². The zero-order valence-electron chi connectivity index (χ0n) is 24.0. The van der Waals surface area contributed by atoms with E-state index >= 15 is 0 Å². The van der Waals surface area contributed by atoms with Crippen LogP contribution >= 0.6 is 7.82 Å². The van der Waals surface area contributed by atoms with Crippen molar-refractivity contribution in [3.05, 3.63) is 11.6 Å². The van der Waals surface area contributed by atoms with Crippen LogP contribution < -0.4 is 0 Å². The standard InChI is InChI=1S/C30H51O5P/c1-19-9-14-28(6)22-11-16-29(7)21(10-15-30(29,8)23(22)18-25(31)24(28)17-19)20(2)26(35-36(32,33)34)12-13-27(3,4)5/h18-22,24,26H,9-17H2,1-8H3,(H2,32,33,34)/t19-,20-,21+,22?,24-,26+,28+,29+,30-/m0/s1. The third-order valence-corrected chi connectivity index (χ3v) is 12.3. The summed E-state index contributed by atoms with van der Waals surface area (Å²) in [4.78, 5) is 33.0. The Morgan fingerprint density at radius 3 is 2.36 bits per heavy atom. The van der Waals surface area contributed by atoms with E-state index in [1.807, 2.05) is 0 Å². The van der Waals surface area contributed by atoms with E-state index in [2.05, 4.69) is 61.5 Å². The van der Waals surface area contributed by atoms with E-state index in [1.54, 1.807) is 0 Å². The molecule has 3 saturated carbocycles. The lowest BCUT2D eigenvalue weighted by Crippen LogP contribution is -2.55. The molecule has 0 heterocycles. The number of carbonyl (C=O) groups excluding carboxylic acids is 1. The molecule has 0 saturated heterocycles. The molecule has 5 nitrogen and oxygen atoms in total. The van der Waals surface area contributed by atoms with Crippen LogP contribution in [0.2, 0.25) is 0 Å². The maximum absolute atomic E-state index is 13.5. The van der Waals surface area contributed by atoms with Crippen LogP contribution in [0.3, 0.4) is 0 Å². The van der Waals surface area contributed by atoms with Gasteiger partial charge < -0.3 is 9.79 Å². The lowest BCUT2D eigenvalue weighted by molar-refractivity contribution is -0.132. The molecule has 9 atom stereocenters. The lowest BCUT2D eigenvalue weighted by Gasteiger charge is -2.61. The number of phosphoric ester groups is 1. The Morgan fingerprint density at radius 1 is 1.08 bits per heavy atom. The number of phosphoric acid groups is 1. The largest absolute Gasteiger partial charge is 0.469 e. The second kappa shape index (κ2) is 9.32. The summed E-state index contributed by atoms with van der Waals surface area (Å²) in [6, 6.07) is 0. The van der Waals surface area contributed by atoms with Crippen LogP contribution in [0.5, 0.6) is 0 Å². The van der Waals surface area contributed by atoms with Crippen LogP contribution in [0.4, 0.5) is 0 Å². The van der Waals surface area contributed by atoms with Crippen LogP contribution in [0.25, 0.3) is 0 Å². The lowest BCUT2D eigenvalue weighted by atomic mass is 9.43. The highest BCUT2D eigenvalue weighted by molar-refractivity contribution is 7.46. The fourth-order valence-corrected chi connectivity index (χ4v) is 9.87. The van der Waals surface area contributed by atoms with Gasteiger partial charge in [0.25, 0.3) is 0 Å². The summed E-state index contributed by atoms with van der Waals surface area (Å²) >= 11 is 0. The number of carbonyl (C=O) groups is 1. The van der Waals surface area contributed by atoms with Crippen LogP contribution in [-0.4, -0.2) is 21.7 Å². The SMILES string of the molecule is C[C@H]1CC[C@]2(C)C3CC[C@]4(C)[C@@H]([C@H](C)[C@@H](CCC(C)(C)C)OP(=O)(O)O)CC[C@@]4(C)C3=CC(=O)[C@@H]2C1. The fourth-order valence-electron chi connectivity index (χ4n) is 9.22. The molecule has 3 fully saturated rings. The zero-order valence-corrected chi connectivity index (χ0v) is 24.9. The predicted octanol–water partition coefficient (Wildman–Crippen LogP) is 7.71. The molecule has 2 N–H and O–H groups in total. The van der Waals surface area contributed by atoms with E-state index in [0.717, 1.165) is 44.9 Å². The van der Waals surface area contributed by atoms with Gasteiger partial charge in [-0.2, -0.15) is 0 Å². The van der Waals surface area contributed by atoms with Crippen molar-refractivity contribution in [2.45, 2.75) is 119 Å². The molecule has 0 aliphatic heterocycles. The molecule has 1 unspecified atom stereocenters. The summed E-state index contributed by atoms with van der Waals surface area (Å²) in [6.07, 6.45) is 10.7. The summed E-state index contributed by atoms with van der Waals surface area (Å²) < 4.78 is 17.4. The minimum Gasteiger partial charge on any atom is -0.303 e. The third-order valence-electron chi connectivity index (χ3n) is 11.7. The molecule has 0 spiro atoms. The zero-order chi connectivity index (χ0) is 26.9. The fraction of sp³-hybridized carbons (Fsp3) is 0.900. The van der Waals surface area contributed by atoms with Crippen molar-refractivity contribution in [1.82, 2.24) is 0 Å². The molecule has 206 valence electrons. The average Bonchev–Trinajstić information content (AvgIpc) is 3.02. The van der Waals surface area contributed by atoms with Crippen molar-refractivity contribution in [1.29, 1.82) is 0 Å². The van der Waals surface area contributed by atoms with E-state index in [9.17, 15) is 19.1 Å². The van der Waals surface area contributed by atoms with Gasteiger partial charge in [0, 0.05) is 5.92 Å². The van der Waals surface area contributed by atoms with Crippen molar-refractivity contribution >= 4 is 13.6 Å². The van der Waals surface area contributed by atoms with Crippen molar-refractivity contribution in [3.8, 4) is 0 Å². The molecule has 0 bridgehead atoms. The van der Waals surface area contributed by atoms with Crippen LogP contribution in [0, 0.1) is 51.2 Å². The van der Waals surface area contributed by atoms with Gasteiger partial charge in [0.15, 0.2) is 5.78 Å². The second-order valence-corrected chi connectivity index (χ2v) is 16.2. The first-order chi connectivity index (χ1) is 16.4. The summed E-state index contributed by atoms with van der Waals surface area (Å²) in [5.74, 6) is 1.95. The molecular formula is C30H51O5P. The monoisotopic (exact) mass is 522 g/mol. The first-order valence-corrected chi connectivity index (χ1v) is 15.9. The van der Waals surface area contributed by atoms with E-state index < -0.39 is 13.9 Å². The molecule has 6 heteroatoms. The van der Waals surface area contributed by atoms with E-state index in [-0.39, 0.29) is 33.5 Å². The van der Waals surface area contributed by atoms with Gasteiger partial charge in [0.2, 0.25) is 0 Å². The minimum atomic E-state index is -4.59. The predicted molar refractivity (Wildman–Crippen MR) is 144 cm³/mol. The van der Waals surface area contributed by atoms with Crippen LogP contribution in [0.15, 0.2) is 11.6 Å². The van der Waals surface area contributed by atoms with Crippen molar-refractivity contribution in [2.24, 2.45) is 51.2 Å². The van der Waals surface area contributed by atoms with Crippen molar-refractivity contribution in [3.63, 3.8) is 0 Å². The highest BCUT2D eigenvalue weighted by Crippen LogP contribution is 2.72. The number of hydrogen-bond acceptors (Lipinski definition) is 3. The molecule has 0 amide bonds. The summed E-state index contributed by atoms with van der Waals surface area (Å²) in [5.41, 5.74) is 1.46. The number of hydrogen-bond donors (Lipinski definition) is 2. The average molecular weight is 523 g/mol. The Morgan fingerprint density at radius 2 is 1.75 bits per heavy atom. The van der Waals surface area contributed by atoms with Gasteiger partial charge in [-0.05, 0) is 103 Å². The van der Waals surface area contributed by atoms with Gasteiger partial charge in [-0.3, -0.25) is 9.32 Å². The normalized spacial score (nSPS) is 42.7. The van der Waals surface area contributed by atoms with Gasteiger partial charge in [-0.15, -0.1) is 0 Å². The maximum Gasteiger partial charge on any atom is 0.469 e. The van der Waals surface area contributed by atoms with Crippen LogP contribution in [0.1, 0.15) is 113 Å². The van der Waals surface area contributed by atoms with E-state index in [0.29, 0.717) is 30.0 Å². The molecule has 36 heavy (non-hydrogen) atoms. The Balaban J connectivity index is 1.65. The van der Waals surface area contributed by atoms with Gasteiger partial charge in [0.1, 0.15) is 0 Å². The van der Waals surface area contributed by atoms with Gasteiger partial charge in [0.05, 0.1) is 6.10 Å². The van der Waals surface area contributed by atoms with Gasteiger partial charge >= 0.3 is 7.82 Å². The Bertz CT molecular complexity index is 945. The molecule has 0 aromatic rings. The van der Waals surface area contributed by atoms with Crippen molar-refractivity contribution in [2.75, 3.05) is 0 Å². The highest BCUT2D eigenvalue weighted by atomic mass is 31.2. The molecule has 4 rings (SSSR count). The molecule has 4 aliphatic carbocycles. The highest BCUT2D eigenvalue weighted by Gasteiger charge is 2.65. The smallest absolute Gasteiger partial charge is 0.303 e. The van der Waals surface area contributed by atoms with E-state index in [1.165, 1.54) is 12.0 Å². The summed E-state index contributed by atoms with van der Waals surface area (Å²) in [5, 5.41) is 0. The summed E-state index contributed by atoms with van der Waals surface area (Å²) in [7, 11) is -4.59. The third kappa shape index (κ3) is 4.85.